The van der Waals surface area contributed by atoms with Crippen LogP contribution in [0.1, 0.15) is 168 Å². The SMILES string of the molecule is C=C(CCCC)P(=O)(OCCCCCCCCCCCC)OCCCCCCCCCCCC. The molecule has 0 aromatic carbocycles. The first kappa shape index (κ1) is 33.9. The Bertz CT molecular complexity index is 448. The second-order valence-electron chi connectivity index (χ2n) is 10.2. The van der Waals surface area contributed by atoms with Gasteiger partial charge in [-0.05, 0) is 25.7 Å². The van der Waals surface area contributed by atoms with E-state index in [4.69, 9.17) is 9.05 Å². The molecule has 0 fully saturated rings. The molecule has 0 heterocycles. The van der Waals surface area contributed by atoms with Gasteiger partial charge in [0.2, 0.25) is 0 Å². The molecule has 0 atom stereocenters. The highest BCUT2D eigenvalue weighted by Gasteiger charge is 2.28. The lowest BCUT2D eigenvalue weighted by Crippen LogP contribution is -2.02. The number of unbranched alkanes of at least 4 members (excludes halogenated alkanes) is 19. The minimum absolute atomic E-state index is 0.525. The van der Waals surface area contributed by atoms with Gasteiger partial charge in [0, 0.05) is 5.31 Å². The first-order chi connectivity index (χ1) is 16.6. The van der Waals surface area contributed by atoms with Crippen molar-refractivity contribution in [2.75, 3.05) is 13.2 Å². The number of rotatable bonds is 28. The Morgan fingerprint density at radius 1 is 0.500 bits per heavy atom. The molecule has 0 saturated carbocycles. The Morgan fingerprint density at radius 2 is 0.794 bits per heavy atom. The van der Waals surface area contributed by atoms with E-state index >= 15 is 0 Å². The largest absolute Gasteiger partial charge is 0.356 e. The van der Waals surface area contributed by atoms with E-state index in [9.17, 15) is 4.57 Å². The molecular formula is C30H61O3P. The Labute approximate surface area is 214 Å². The third kappa shape index (κ3) is 21.2. The molecule has 0 spiro atoms. The van der Waals surface area contributed by atoms with Crippen molar-refractivity contribution in [3.8, 4) is 0 Å². The van der Waals surface area contributed by atoms with Crippen molar-refractivity contribution in [2.45, 2.75) is 168 Å². The molecule has 0 rings (SSSR count). The summed E-state index contributed by atoms with van der Waals surface area (Å²) in [4.78, 5) is 0. The Morgan fingerprint density at radius 3 is 1.12 bits per heavy atom. The monoisotopic (exact) mass is 500 g/mol. The van der Waals surface area contributed by atoms with Crippen LogP contribution >= 0.6 is 7.60 Å². The Hall–Kier alpha value is -0.110. The average molecular weight is 501 g/mol. The Kier molecular flexibility index (Phi) is 25.9. The summed E-state index contributed by atoms with van der Waals surface area (Å²) in [5.74, 6) is 0. The third-order valence-electron chi connectivity index (χ3n) is 6.72. The first-order valence-corrected chi connectivity index (χ1v) is 16.7. The van der Waals surface area contributed by atoms with E-state index < -0.39 is 7.60 Å². The third-order valence-corrected chi connectivity index (χ3v) is 8.77. The van der Waals surface area contributed by atoms with Crippen LogP contribution in [0, 0.1) is 0 Å². The predicted octanol–water partition coefficient (Wildman–Crippen LogP) is 11.8. The summed E-state index contributed by atoms with van der Waals surface area (Å²) in [6.45, 7) is 11.8. The van der Waals surface area contributed by atoms with Crippen molar-refractivity contribution in [2.24, 2.45) is 0 Å². The van der Waals surface area contributed by atoms with Crippen LogP contribution in [0.4, 0.5) is 0 Å². The lowest BCUT2D eigenvalue weighted by atomic mass is 10.1. The normalized spacial score (nSPS) is 11.9. The van der Waals surface area contributed by atoms with Crippen LogP contribution in [0.5, 0.6) is 0 Å². The maximum atomic E-state index is 13.4. The van der Waals surface area contributed by atoms with Gasteiger partial charge in [0.05, 0.1) is 13.2 Å². The zero-order valence-corrected chi connectivity index (χ0v) is 24.5. The molecule has 3 nitrogen and oxygen atoms in total. The molecule has 34 heavy (non-hydrogen) atoms. The summed E-state index contributed by atoms with van der Waals surface area (Å²) in [6.07, 6.45) is 28.5. The molecule has 204 valence electrons. The second kappa shape index (κ2) is 26.0. The molecule has 0 saturated heterocycles. The molecule has 0 aliphatic carbocycles. The maximum Gasteiger partial charge on any atom is 0.356 e. The van der Waals surface area contributed by atoms with E-state index in [0.717, 1.165) is 44.9 Å². The molecule has 0 N–H and O–H groups in total. The summed E-state index contributed by atoms with van der Waals surface area (Å²) < 4.78 is 25.2. The van der Waals surface area contributed by atoms with Gasteiger partial charge in [-0.2, -0.15) is 0 Å². The van der Waals surface area contributed by atoms with Crippen LogP contribution in [0.2, 0.25) is 0 Å². The van der Waals surface area contributed by atoms with Crippen LogP contribution < -0.4 is 0 Å². The van der Waals surface area contributed by atoms with Crippen LogP contribution in [-0.4, -0.2) is 13.2 Å². The quantitative estimate of drug-likeness (QED) is 0.0791. The van der Waals surface area contributed by atoms with Crippen molar-refractivity contribution in [1.82, 2.24) is 0 Å². The van der Waals surface area contributed by atoms with E-state index in [1.807, 2.05) is 0 Å². The van der Waals surface area contributed by atoms with Gasteiger partial charge in [-0.25, -0.2) is 0 Å². The van der Waals surface area contributed by atoms with Gasteiger partial charge in [0.25, 0.3) is 0 Å². The smallest absolute Gasteiger partial charge is 0.305 e. The molecule has 0 amide bonds. The lowest BCUT2D eigenvalue weighted by molar-refractivity contribution is 0.202. The predicted molar refractivity (Wildman–Crippen MR) is 152 cm³/mol. The van der Waals surface area contributed by atoms with E-state index in [1.165, 1.54) is 103 Å². The lowest BCUT2D eigenvalue weighted by Gasteiger charge is -2.20. The summed E-state index contributed by atoms with van der Waals surface area (Å²) >= 11 is 0. The number of allylic oxidation sites excluding steroid dienone is 1. The van der Waals surface area contributed by atoms with Crippen molar-refractivity contribution < 1.29 is 13.6 Å². The van der Waals surface area contributed by atoms with Gasteiger partial charge in [-0.1, -0.05) is 149 Å². The topological polar surface area (TPSA) is 35.5 Å². The fraction of sp³-hybridized carbons (Fsp3) is 0.933. The molecule has 4 heteroatoms. The van der Waals surface area contributed by atoms with Crippen molar-refractivity contribution in [1.29, 1.82) is 0 Å². The maximum absolute atomic E-state index is 13.4. The van der Waals surface area contributed by atoms with Gasteiger partial charge in [0.15, 0.2) is 0 Å². The van der Waals surface area contributed by atoms with E-state index in [0.29, 0.717) is 18.5 Å². The highest BCUT2D eigenvalue weighted by atomic mass is 31.2. The van der Waals surface area contributed by atoms with Gasteiger partial charge in [0.1, 0.15) is 0 Å². The summed E-state index contributed by atoms with van der Waals surface area (Å²) in [5.41, 5.74) is 0. The highest BCUT2D eigenvalue weighted by Crippen LogP contribution is 2.57. The van der Waals surface area contributed by atoms with Gasteiger partial charge in [-0.15, -0.1) is 0 Å². The van der Waals surface area contributed by atoms with E-state index in [1.54, 1.807) is 0 Å². The molecule has 0 aliphatic rings. The molecule has 0 bridgehead atoms. The fourth-order valence-corrected chi connectivity index (χ4v) is 5.90. The molecular weight excluding hydrogens is 439 g/mol. The number of hydrogen-bond donors (Lipinski definition) is 0. The molecule has 0 aromatic heterocycles. The Balaban J connectivity index is 3.98. The van der Waals surface area contributed by atoms with Gasteiger partial charge in [-0.3, -0.25) is 4.57 Å². The standard InChI is InChI=1S/C30H61O3P/c1-5-8-11-13-15-17-19-21-23-25-28-32-34(31,30(4)27-10-7-3)33-29-26-24-22-20-18-16-14-12-9-6-2/h4-29H2,1-3H3. The summed E-state index contributed by atoms with van der Waals surface area (Å²) in [6, 6.07) is 0. The molecule has 0 unspecified atom stereocenters. The summed E-state index contributed by atoms with van der Waals surface area (Å²) in [7, 11) is -3.19. The molecule has 0 radical (unpaired) electrons. The molecule has 0 aliphatic heterocycles. The van der Waals surface area contributed by atoms with Crippen LogP contribution in [0.15, 0.2) is 11.9 Å². The van der Waals surface area contributed by atoms with Crippen molar-refractivity contribution in [3.63, 3.8) is 0 Å². The zero-order chi connectivity index (χ0) is 25.2. The van der Waals surface area contributed by atoms with E-state index in [-0.39, 0.29) is 0 Å². The fourth-order valence-electron chi connectivity index (χ4n) is 4.29. The molecule has 0 aromatic rings. The highest BCUT2D eigenvalue weighted by molar-refractivity contribution is 7.58. The second-order valence-corrected chi connectivity index (χ2v) is 12.3. The van der Waals surface area contributed by atoms with Gasteiger partial charge < -0.3 is 9.05 Å². The minimum Gasteiger partial charge on any atom is -0.305 e. The summed E-state index contributed by atoms with van der Waals surface area (Å²) in [5, 5.41) is 0.675. The van der Waals surface area contributed by atoms with Crippen LogP contribution in [0.25, 0.3) is 0 Å². The van der Waals surface area contributed by atoms with Gasteiger partial charge >= 0.3 is 7.60 Å². The average Bonchev–Trinajstić information content (AvgIpc) is 2.84. The zero-order valence-electron chi connectivity index (χ0n) is 23.6. The van der Waals surface area contributed by atoms with Crippen LogP contribution in [0.3, 0.4) is 0 Å². The minimum atomic E-state index is -3.19. The van der Waals surface area contributed by atoms with Crippen LogP contribution in [-0.2, 0) is 13.6 Å². The first-order valence-electron chi connectivity index (χ1n) is 15.2. The van der Waals surface area contributed by atoms with E-state index in [2.05, 4.69) is 27.4 Å². The van der Waals surface area contributed by atoms with Crippen molar-refractivity contribution >= 4 is 7.60 Å². The van der Waals surface area contributed by atoms with Crippen molar-refractivity contribution in [3.05, 3.63) is 11.9 Å². The number of hydrogen-bond acceptors (Lipinski definition) is 3.